The Balaban J connectivity index is 1.58. The van der Waals surface area contributed by atoms with Gasteiger partial charge in [-0.1, -0.05) is 32.0 Å². The van der Waals surface area contributed by atoms with Crippen LogP contribution in [0.3, 0.4) is 0 Å². The molecular weight excluding hydrogens is 584 g/mol. The lowest BCUT2D eigenvalue weighted by atomic mass is 10.1. The molecule has 0 fully saturated rings. The van der Waals surface area contributed by atoms with Crippen LogP contribution in [0.25, 0.3) is 11.1 Å². The molecule has 4 aromatic rings. The summed E-state index contributed by atoms with van der Waals surface area (Å²) in [5.41, 5.74) is 4.74. The second-order valence-corrected chi connectivity index (χ2v) is 10.7. The van der Waals surface area contributed by atoms with Gasteiger partial charge in [-0.25, -0.2) is 9.78 Å². The van der Waals surface area contributed by atoms with Crippen molar-refractivity contribution >= 4 is 29.3 Å². The molecule has 0 spiro atoms. The first-order valence-electron chi connectivity index (χ1n) is 15.2. The van der Waals surface area contributed by atoms with Crippen molar-refractivity contribution in [2.75, 3.05) is 58.1 Å². The number of anilines is 3. The molecule has 0 radical (unpaired) electrons. The number of hydrogen-bond acceptors (Lipinski definition) is 9. The molecule has 46 heavy (non-hydrogen) atoms. The van der Waals surface area contributed by atoms with Gasteiger partial charge in [-0.3, -0.25) is 10.1 Å². The average Bonchev–Trinajstić information content (AvgIpc) is 3.06. The summed E-state index contributed by atoms with van der Waals surface area (Å²) in [6.07, 6.45) is 0.855. The Labute approximate surface area is 270 Å². The van der Waals surface area contributed by atoms with Crippen molar-refractivity contribution in [1.82, 2.24) is 19.8 Å². The minimum absolute atomic E-state index is 0.0197. The van der Waals surface area contributed by atoms with Crippen LogP contribution in [0.1, 0.15) is 35.3 Å². The van der Waals surface area contributed by atoms with Gasteiger partial charge in [-0.05, 0) is 74.5 Å². The van der Waals surface area contributed by atoms with Gasteiger partial charge in [0.05, 0.1) is 19.8 Å². The number of ether oxygens (including phenoxy) is 3. The third-order valence-electron chi connectivity index (χ3n) is 7.73. The van der Waals surface area contributed by atoms with E-state index >= 15 is 0 Å². The summed E-state index contributed by atoms with van der Waals surface area (Å²) in [5, 5.41) is 5.98. The zero-order chi connectivity index (χ0) is 33.2. The molecule has 11 nitrogen and oxygen atoms in total. The van der Waals surface area contributed by atoms with Gasteiger partial charge in [-0.2, -0.15) is 4.98 Å². The van der Waals surface area contributed by atoms with Crippen LogP contribution >= 0.6 is 0 Å². The highest BCUT2D eigenvalue weighted by molar-refractivity contribution is 5.94. The largest absolute Gasteiger partial charge is 0.497 e. The first kappa shape index (κ1) is 33.7. The number of carbonyl (C=O) groups excluding carboxylic acids is 2. The lowest BCUT2D eigenvalue weighted by Crippen LogP contribution is -2.36. The van der Waals surface area contributed by atoms with E-state index in [4.69, 9.17) is 14.2 Å². The van der Waals surface area contributed by atoms with Gasteiger partial charge < -0.3 is 29.3 Å². The maximum Gasteiger partial charge on any atom is 0.418 e. The average molecular weight is 627 g/mol. The predicted octanol–water partition coefficient (Wildman–Crippen LogP) is 6.55. The summed E-state index contributed by atoms with van der Waals surface area (Å²) in [6.45, 7) is 11.4. The van der Waals surface area contributed by atoms with Crippen molar-refractivity contribution in [2.45, 2.75) is 27.7 Å². The fraction of sp³-hybridized carbons (Fsp3) is 0.314. The number of carbonyl (C=O) groups is 2. The van der Waals surface area contributed by atoms with Gasteiger partial charge in [0.1, 0.15) is 11.5 Å². The first-order valence-corrected chi connectivity index (χ1v) is 15.2. The predicted molar refractivity (Wildman–Crippen MR) is 181 cm³/mol. The molecule has 0 aliphatic heterocycles. The molecule has 242 valence electrons. The number of aromatic nitrogens is 2. The number of rotatable bonds is 13. The van der Waals surface area contributed by atoms with Crippen molar-refractivity contribution < 1.29 is 23.8 Å². The van der Waals surface area contributed by atoms with E-state index < -0.39 is 6.09 Å². The molecule has 0 atom stereocenters. The van der Waals surface area contributed by atoms with Crippen LogP contribution in [-0.4, -0.2) is 79.2 Å². The summed E-state index contributed by atoms with van der Waals surface area (Å²) < 4.78 is 16.7. The topological polar surface area (TPSA) is 118 Å². The van der Waals surface area contributed by atoms with E-state index in [2.05, 4.69) is 39.3 Å². The molecular formula is C35H42N6O5. The number of nitrogens with one attached hydrogen (secondary N) is 2. The molecule has 0 aliphatic rings. The number of aryl methyl sites for hydroxylation is 2. The van der Waals surface area contributed by atoms with Crippen LogP contribution in [0, 0.1) is 13.8 Å². The van der Waals surface area contributed by atoms with Gasteiger partial charge >= 0.3 is 6.09 Å². The Kier molecular flexibility index (Phi) is 11.5. The number of para-hydroxylation sites is 1. The lowest BCUT2D eigenvalue weighted by Gasteiger charge is -2.23. The third-order valence-corrected chi connectivity index (χ3v) is 7.73. The first-order chi connectivity index (χ1) is 22.2. The molecule has 1 aromatic heterocycles. The summed E-state index contributed by atoms with van der Waals surface area (Å²) in [5.74, 6) is 1.25. The van der Waals surface area contributed by atoms with Gasteiger partial charge in [0.15, 0.2) is 0 Å². The Hall–Kier alpha value is -5.16. The van der Waals surface area contributed by atoms with Crippen LogP contribution in [-0.2, 0) is 0 Å². The molecule has 11 heteroatoms. The van der Waals surface area contributed by atoms with Crippen molar-refractivity contribution in [2.24, 2.45) is 0 Å². The highest BCUT2D eigenvalue weighted by atomic mass is 16.6. The number of likely N-dealkylation sites (N-methyl/N-ethyl adjacent to an activating group) is 2. The number of hydrogen-bond donors (Lipinski definition) is 2. The van der Waals surface area contributed by atoms with Crippen molar-refractivity contribution in [3.05, 3.63) is 83.6 Å². The molecule has 1 heterocycles. The minimum Gasteiger partial charge on any atom is -0.497 e. The van der Waals surface area contributed by atoms with E-state index in [0.717, 1.165) is 30.8 Å². The van der Waals surface area contributed by atoms with E-state index in [1.165, 1.54) is 0 Å². The van der Waals surface area contributed by atoms with Crippen molar-refractivity contribution in [3.63, 3.8) is 0 Å². The Morgan fingerprint density at radius 1 is 0.870 bits per heavy atom. The molecule has 0 saturated carbocycles. The normalized spacial score (nSPS) is 10.8. The fourth-order valence-corrected chi connectivity index (χ4v) is 4.92. The summed E-state index contributed by atoms with van der Waals surface area (Å²) in [6, 6.07) is 18.1. The lowest BCUT2D eigenvalue weighted by molar-refractivity contribution is 0.0779. The third kappa shape index (κ3) is 8.30. The van der Waals surface area contributed by atoms with E-state index in [9.17, 15) is 9.59 Å². The summed E-state index contributed by atoms with van der Waals surface area (Å²) >= 11 is 0. The van der Waals surface area contributed by atoms with Gasteiger partial charge in [0.25, 0.3) is 5.91 Å². The standard InChI is InChI=1S/C35H42N6O5/c1-8-41(9-2)20-19-40(5)33(42)25-13-15-26(16-14-25)37-34-36-22-29(28-18-17-27(44-6)21-30(28)45-7)32(39-34)46-35(43)38-31-23(3)11-10-12-24(31)4/h10-18,21-22H,8-9,19-20H2,1-7H3,(H,38,43)(H,36,37,39). The summed E-state index contributed by atoms with van der Waals surface area (Å²) in [4.78, 5) is 39.2. The number of methoxy groups -OCH3 is 2. The van der Waals surface area contributed by atoms with E-state index in [1.54, 1.807) is 67.8 Å². The number of benzene rings is 3. The fourth-order valence-electron chi connectivity index (χ4n) is 4.92. The molecule has 3 aromatic carbocycles. The van der Waals surface area contributed by atoms with Crippen LogP contribution in [0.2, 0.25) is 0 Å². The summed E-state index contributed by atoms with van der Waals surface area (Å²) in [7, 11) is 4.92. The molecule has 0 unspecified atom stereocenters. The quantitative estimate of drug-likeness (QED) is 0.170. The van der Waals surface area contributed by atoms with Crippen LogP contribution in [0.5, 0.6) is 17.4 Å². The Morgan fingerprint density at radius 2 is 1.57 bits per heavy atom. The molecule has 0 bridgehead atoms. The molecule has 0 saturated heterocycles. The molecule has 2 amide bonds. The van der Waals surface area contributed by atoms with Gasteiger partial charge in [0.2, 0.25) is 11.8 Å². The highest BCUT2D eigenvalue weighted by Gasteiger charge is 2.20. The minimum atomic E-state index is -0.705. The van der Waals surface area contributed by atoms with E-state index in [-0.39, 0.29) is 17.7 Å². The zero-order valence-electron chi connectivity index (χ0n) is 27.5. The highest BCUT2D eigenvalue weighted by Crippen LogP contribution is 2.38. The maximum absolute atomic E-state index is 13.2. The second-order valence-electron chi connectivity index (χ2n) is 10.7. The zero-order valence-corrected chi connectivity index (χ0v) is 27.5. The van der Waals surface area contributed by atoms with Crippen molar-refractivity contribution in [1.29, 1.82) is 0 Å². The molecule has 0 aliphatic carbocycles. The van der Waals surface area contributed by atoms with Crippen LogP contribution < -0.4 is 24.8 Å². The monoisotopic (exact) mass is 626 g/mol. The number of nitrogens with zero attached hydrogens (tertiary/aromatic N) is 4. The van der Waals surface area contributed by atoms with Crippen LogP contribution in [0.15, 0.2) is 66.9 Å². The molecule has 2 N–H and O–H groups in total. The SMILES string of the molecule is CCN(CC)CCN(C)C(=O)c1ccc(Nc2ncc(-c3ccc(OC)cc3OC)c(OC(=O)Nc3c(C)cccc3C)n2)cc1. The smallest absolute Gasteiger partial charge is 0.418 e. The Morgan fingerprint density at radius 3 is 2.20 bits per heavy atom. The van der Waals surface area contributed by atoms with Crippen molar-refractivity contribution in [3.8, 4) is 28.5 Å². The second kappa shape index (κ2) is 15.7. The Bertz CT molecular complexity index is 1640. The van der Waals surface area contributed by atoms with E-state index in [1.807, 2.05) is 39.1 Å². The van der Waals surface area contributed by atoms with Gasteiger partial charge in [-0.15, -0.1) is 0 Å². The van der Waals surface area contributed by atoms with E-state index in [0.29, 0.717) is 46.1 Å². The van der Waals surface area contributed by atoms with Crippen LogP contribution in [0.4, 0.5) is 22.1 Å². The molecule has 4 rings (SSSR count). The maximum atomic E-state index is 13.2. The number of amides is 2. The van der Waals surface area contributed by atoms with Gasteiger partial charge in [0, 0.05) is 54.9 Å².